The summed E-state index contributed by atoms with van der Waals surface area (Å²) in [6, 6.07) is 13.8. The van der Waals surface area contributed by atoms with Gasteiger partial charge in [0, 0.05) is 18.9 Å². The van der Waals surface area contributed by atoms with Gasteiger partial charge in [0.1, 0.15) is 11.9 Å². The Kier molecular flexibility index (Phi) is 4.67. The molecule has 0 amide bonds. The van der Waals surface area contributed by atoms with E-state index in [1.165, 1.54) is 5.56 Å². The Morgan fingerprint density at radius 3 is 2.62 bits per heavy atom. The highest BCUT2D eigenvalue weighted by molar-refractivity contribution is 5.97. The second kappa shape index (κ2) is 6.89. The molecule has 0 spiro atoms. The molecule has 3 rings (SSSR count). The first-order valence-electron chi connectivity index (χ1n) is 7.97. The van der Waals surface area contributed by atoms with Crippen molar-refractivity contribution in [1.82, 2.24) is 4.98 Å². The molecule has 4 heteroatoms. The lowest BCUT2D eigenvalue weighted by Crippen LogP contribution is -2.18. The van der Waals surface area contributed by atoms with E-state index < -0.39 is 0 Å². The van der Waals surface area contributed by atoms with Crippen molar-refractivity contribution >= 4 is 10.8 Å². The molecule has 1 heterocycles. The number of rotatable bonds is 5. The molecular formula is C20H21NO3. The molecule has 0 bridgehead atoms. The van der Waals surface area contributed by atoms with Gasteiger partial charge in [-0.3, -0.25) is 4.79 Å². The van der Waals surface area contributed by atoms with Crippen LogP contribution in [0.1, 0.15) is 12.5 Å². The quantitative estimate of drug-likeness (QED) is 0.774. The summed E-state index contributed by atoms with van der Waals surface area (Å²) in [6.07, 6.45) is 1.70. The number of fused-ring (bicyclic) bond motifs is 1. The van der Waals surface area contributed by atoms with Crippen LogP contribution in [0.4, 0.5) is 0 Å². The Bertz CT molecular complexity index is 914. The summed E-state index contributed by atoms with van der Waals surface area (Å²) < 4.78 is 10.9. The van der Waals surface area contributed by atoms with Crippen molar-refractivity contribution in [2.24, 2.45) is 0 Å². The summed E-state index contributed by atoms with van der Waals surface area (Å²) in [5.74, 6) is 0.666. The smallest absolute Gasteiger partial charge is 0.255 e. The summed E-state index contributed by atoms with van der Waals surface area (Å²) in [5.41, 5.74) is 3.17. The van der Waals surface area contributed by atoms with Gasteiger partial charge in [-0.2, -0.15) is 0 Å². The van der Waals surface area contributed by atoms with E-state index in [2.05, 4.69) is 24.0 Å². The van der Waals surface area contributed by atoms with Crippen LogP contribution in [0.5, 0.6) is 5.75 Å². The van der Waals surface area contributed by atoms with Gasteiger partial charge in [-0.1, -0.05) is 24.3 Å². The molecule has 0 aliphatic carbocycles. The molecule has 0 aliphatic rings. The Morgan fingerprint density at radius 2 is 1.88 bits per heavy atom. The molecule has 124 valence electrons. The molecule has 1 aromatic heterocycles. The van der Waals surface area contributed by atoms with Gasteiger partial charge in [0.2, 0.25) is 0 Å². The zero-order valence-corrected chi connectivity index (χ0v) is 14.1. The zero-order valence-electron chi connectivity index (χ0n) is 14.1. The maximum Gasteiger partial charge on any atom is 0.255 e. The third-order valence-electron chi connectivity index (χ3n) is 4.05. The van der Waals surface area contributed by atoms with Crippen molar-refractivity contribution in [3.63, 3.8) is 0 Å². The summed E-state index contributed by atoms with van der Waals surface area (Å²) >= 11 is 0. The van der Waals surface area contributed by atoms with Crippen LogP contribution in [0.25, 0.3) is 21.9 Å². The monoisotopic (exact) mass is 323 g/mol. The van der Waals surface area contributed by atoms with E-state index in [9.17, 15) is 4.79 Å². The van der Waals surface area contributed by atoms with E-state index in [0.717, 1.165) is 16.5 Å². The van der Waals surface area contributed by atoms with Gasteiger partial charge in [-0.05, 0) is 48.6 Å². The first kappa shape index (κ1) is 16.3. The van der Waals surface area contributed by atoms with Crippen molar-refractivity contribution in [3.05, 3.63) is 64.6 Å². The van der Waals surface area contributed by atoms with Crippen molar-refractivity contribution in [1.29, 1.82) is 0 Å². The minimum Gasteiger partial charge on any atom is -0.488 e. The highest BCUT2D eigenvalue weighted by Gasteiger charge is 2.11. The van der Waals surface area contributed by atoms with E-state index in [4.69, 9.17) is 9.47 Å². The number of pyridine rings is 1. The molecule has 2 aromatic carbocycles. The summed E-state index contributed by atoms with van der Waals surface area (Å²) in [5, 5.41) is 1.54. The average molecular weight is 323 g/mol. The van der Waals surface area contributed by atoms with Crippen LogP contribution in [0.2, 0.25) is 0 Å². The third-order valence-corrected chi connectivity index (χ3v) is 4.05. The van der Waals surface area contributed by atoms with E-state index in [0.29, 0.717) is 17.7 Å². The number of nitrogens with one attached hydrogen (secondary N) is 1. The number of hydrogen-bond donors (Lipinski definition) is 1. The van der Waals surface area contributed by atoms with Gasteiger partial charge in [-0.25, -0.2) is 0 Å². The fourth-order valence-corrected chi connectivity index (χ4v) is 2.91. The van der Waals surface area contributed by atoms with Crippen LogP contribution in [0.3, 0.4) is 0 Å². The SMILES string of the molecule is COCC(C)Oc1ccc2c(-c3ccccc3C)c[nH]c(=O)c2c1. The van der Waals surface area contributed by atoms with E-state index >= 15 is 0 Å². The highest BCUT2D eigenvalue weighted by atomic mass is 16.5. The van der Waals surface area contributed by atoms with Gasteiger partial charge >= 0.3 is 0 Å². The summed E-state index contributed by atoms with van der Waals surface area (Å²) in [6.45, 7) is 4.50. The number of hydrogen-bond acceptors (Lipinski definition) is 3. The first-order valence-corrected chi connectivity index (χ1v) is 7.97. The van der Waals surface area contributed by atoms with Gasteiger partial charge < -0.3 is 14.5 Å². The number of aromatic amines is 1. The molecule has 1 N–H and O–H groups in total. The largest absolute Gasteiger partial charge is 0.488 e. The van der Waals surface area contributed by atoms with Crippen LogP contribution in [0, 0.1) is 6.92 Å². The zero-order chi connectivity index (χ0) is 17.1. The predicted octanol–water partition coefficient (Wildman–Crippen LogP) is 3.92. The summed E-state index contributed by atoms with van der Waals surface area (Å²) in [7, 11) is 1.64. The van der Waals surface area contributed by atoms with Crippen LogP contribution < -0.4 is 10.3 Å². The lowest BCUT2D eigenvalue weighted by Gasteiger charge is -2.15. The average Bonchev–Trinajstić information content (AvgIpc) is 2.57. The molecule has 3 aromatic rings. The normalized spacial score (nSPS) is 12.3. The number of methoxy groups -OCH3 is 1. The van der Waals surface area contributed by atoms with E-state index in [1.54, 1.807) is 19.4 Å². The number of ether oxygens (including phenoxy) is 2. The molecule has 0 saturated carbocycles. The third kappa shape index (κ3) is 3.19. The topological polar surface area (TPSA) is 51.3 Å². The standard InChI is InChI=1S/C20H21NO3/c1-13-6-4-5-7-16(13)19-11-21-20(22)18-10-15(8-9-17(18)19)24-14(2)12-23-3/h4-11,14H,12H2,1-3H3,(H,21,22). The minimum atomic E-state index is -0.118. The Hall–Kier alpha value is -2.59. The molecule has 0 aliphatic heterocycles. The van der Waals surface area contributed by atoms with Gasteiger partial charge in [-0.15, -0.1) is 0 Å². The fourth-order valence-electron chi connectivity index (χ4n) is 2.91. The van der Waals surface area contributed by atoms with Crippen LogP contribution in [0.15, 0.2) is 53.5 Å². The number of benzene rings is 2. The second-order valence-corrected chi connectivity index (χ2v) is 5.94. The molecule has 1 atom stereocenters. The Labute approximate surface area is 141 Å². The number of H-pyrrole nitrogens is 1. The number of aromatic nitrogens is 1. The van der Waals surface area contributed by atoms with Crippen molar-refractivity contribution in [2.45, 2.75) is 20.0 Å². The molecule has 0 radical (unpaired) electrons. The Balaban J connectivity index is 2.10. The number of aryl methyl sites for hydroxylation is 1. The molecule has 0 saturated heterocycles. The van der Waals surface area contributed by atoms with Crippen molar-refractivity contribution in [2.75, 3.05) is 13.7 Å². The van der Waals surface area contributed by atoms with Gasteiger partial charge in [0.15, 0.2) is 0 Å². The van der Waals surface area contributed by atoms with Crippen LogP contribution in [-0.2, 0) is 4.74 Å². The van der Waals surface area contributed by atoms with Crippen LogP contribution >= 0.6 is 0 Å². The minimum absolute atomic E-state index is 0.0777. The van der Waals surface area contributed by atoms with Crippen molar-refractivity contribution < 1.29 is 9.47 Å². The lowest BCUT2D eigenvalue weighted by molar-refractivity contribution is 0.0922. The van der Waals surface area contributed by atoms with Crippen LogP contribution in [-0.4, -0.2) is 24.8 Å². The van der Waals surface area contributed by atoms with Crippen molar-refractivity contribution in [3.8, 4) is 16.9 Å². The van der Waals surface area contributed by atoms with Gasteiger partial charge in [0.25, 0.3) is 5.56 Å². The molecule has 4 nitrogen and oxygen atoms in total. The molecule has 1 unspecified atom stereocenters. The first-order chi connectivity index (χ1) is 11.6. The molecule has 0 fully saturated rings. The second-order valence-electron chi connectivity index (χ2n) is 5.94. The van der Waals surface area contributed by atoms with Gasteiger partial charge in [0.05, 0.1) is 12.0 Å². The fraction of sp³-hybridized carbons (Fsp3) is 0.250. The lowest BCUT2D eigenvalue weighted by atomic mass is 9.97. The predicted molar refractivity (Wildman–Crippen MR) is 96.7 cm³/mol. The molecular weight excluding hydrogens is 302 g/mol. The van der Waals surface area contributed by atoms with E-state index in [-0.39, 0.29) is 11.7 Å². The Morgan fingerprint density at radius 1 is 1.08 bits per heavy atom. The highest BCUT2D eigenvalue weighted by Crippen LogP contribution is 2.30. The summed E-state index contributed by atoms with van der Waals surface area (Å²) in [4.78, 5) is 15.1. The maximum absolute atomic E-state index is 12.3. The van der Waals surface area contributed by atoms with E-state index in [1.807, 2.05) is 31.2 Å². The molecule has 24 heavy (non-hydrogen) atoms. The maximum atomic E-state index is 12.3.